The summed E-state index contributed by atoms with van der Waals surface area (Å²) in [7, 11) is 0. The molecule has 2 heterocycles. The molecule has 0 unspecified atom stereocenters. The number of halogens is 2. The molecule has 1 aliphatic rings. The number of carbonyl (C=O) groups is 2. The van der Waals surface area contributed by atoms with Crippen molar-refractivity contribution in [2.75, 3.05) is 11.4 Å². The van der Waals surface area contributed by atoms with Gasteiger partial charge in [0.25, 0.3) is 0 Å². The van der Waals surface area contributed by atoms with Crippen molar-refractivity contribution in [3.63, 3.8) is 0 Å². The molecule has 0 atom stereocenters. The summed E-state index contributed by atoms with van der Waals surface area (Å²) in [4.78, 5) is 23.6. The Labute approximate surface area is 104 Å². The van der Waals surface area contributed by atoms with Gasteiger partial charge in [0.1, 0.15) is 5.69 Å². The van der Waals surface area contributed by atoms with Crippen molar-refractivity contribution < 1.29 is 14.0 Å². The second-order valence-electron chi connectivity index (χ2n) is 3.39. The van der Waals surface area contributed by atoms with Crippen LogP contribution in [0.1, 0.15) is 12.1 Å². The highest BCUT2D eigenvalue weighted by molar-refractivity contribution is 9.08. The van der Waals surface area contributed by atoms with Gasteiger partial charge in [-0.15, -0.1) is 10.2 Å². The van der Waals surface area contributed by atoms with E-state index in [1.807, 2.05) is 0 Å². The van der Waals surface area contributed by atoms with Gasteiger partial charge in [-0.1, -0.05) is 15.9 Å². The maximum absolute atomic E-state index is 13.5. The largest absolute Gasteiger partial charge is 0.329 e. The van der Waals surface area contributed by atoms with Crippen LogP contribution in [0.25, 0.3) is 0 Å². The molecule has 1 fully saturated rings. The molecule has 1 aromatic rings. The van der Waals surface area contributed by atoms with Crippen molar-refractivity contribution in [3.05, 3.63) is 17.6 Å². The molecule has 6 nitrogen and oxygen atoms in total. The zero-order chi connectivity index (χ0) is 12.4. The first-order valence-corrected chi connectivity index (χ1v) is 5.93. The lowest BCUT2D eigenvalue weighted by atomic mass is 10.3. The Hall–Kier alpha value is -1.57. The fourth-order valence-electron chi connectivity index (χ4n) is 1.39. The highest BCUT2D eigenvalue weighted by atomic mass is 79.9. The molecule has 3 amide bonds. The number of hydrogen-bond donors (Lipinski definition) is 1. The molecule has 0 aromatic carbocycles. The number of aromatic nitrogens is 2. The summed E-state index contributed by atoms with van der Waals surface area (Å²) in [5.74, 6) is -0.800. The normalized spacial score (nSPS) is 16.0. The third kappa shape index (κ3) is 2.41. The second-order valence-corrected chi connectivity index (χ2v) is 3.95. The summed E-state index contributed by atoms with van der Waals surface area (Å²) < 4.78 is 13.5. The highest BCUT2D eigenvalue weighted by Crippen LogP contribution is 2.17. The van der Waals surface area contributed by atoms with Gasteiger partial charge in [-0.25, -0.2) is 9.18 Å². The lowest BCUT2D eigenvalue weighted by Gasteiger charge is -2.25. The smallest absolute Gasteiger partial charge is 0.278 e. The van der Waals surface area contributed by atoms with Gasteiger partial charge in [0, 0.05) is 19.0 Å². The van der Waals surface area contributed by atoms with E-state index in [1.54, 1.807) is 0 Å². The van der Waals surface area contributed by atoms with Crippen LogP contribution in [0, 0.1) is 5.82 Å². The summed E-state index contributed by atoms with van der Waals surface area (Å²) in [6.45, 7) is 0.173. The van der Waals surface area contributed by atoms with Crippen molar-refractivity contribution in [3.8, 4) is 0 Å². The van der Waals surface area contributed by atoms with Gasteiger partial charge in [-0.2, -0.15) is 0 Å². The summed E-state index contributed by atoms with van der Waals surface area (Å²) >= 11 is 3.07. The van der Waals surface area contributed by atoms with Gasteiger partial charge in [-0.05, 0) is 0 Å². The van der Waals surface area contributed by atoms with Gasteiger partial charge < -0.3 is 0 Å². The maximum Gasteiger partial charge on any atom is 0.329 e. The SMILES string of the molecule is O=C1CCN(c2cc(F)c(CBr)nn2)C(=O)N1. The van der Waals surface area contributed by atoms with Crippen LogP contribution in [-0.4, -0.2) is 28.7 Å². The molecule has 0 spiro atoms. The topological polar surface area (TPSA) is 75.2 Å². The average molecular weight is 303 g/mol. The molecule has 1 aromatic heterocycles. The summed E-state index contributed by atoms with van der Waals surface area (Å²) in [6, 6.07) is 0.514. The Kier molecular flexibility index (Phi) is 3.32. The predicted molar refractivity (Wildman–Crippen MR) is 60.1 cm³/mol. The first-order chi connectivity index (χ1) is 8.11. The summed E-state index contributed by atoms with van der Waals surface area (Å²) in [6.07, 6.45) is 0.162. The molecule has 1 saturated heterocycles. The zero-order valence-corrected chi connectivity index (χ0v) is 10.2. The van der Waals surface area contributed by atoms with E-state index in [0.717, 1.165) is 6.07 Å². The van der Waals surface area contributed by atoms with Gasteiger partial charge >= 0.3 is 6.03 Å². The van der Waals surface area contributed by atoms with Crippen LogP contribution < -0.4 is 10.2 Å². The van der Waals surface area contributed by atoms with Crippen molar-refractivity contribution in [2.45, 2.75) is 11.8 Å². The Balaban J connectivity index is 2.25. The van der Waals surface area contributed by atoms with Crippen LogP contribution >= 0.6 is 15.9 Å². The fourth-order valence-corrected chi connectivity index (χ4v) is 1.77. The quantitative estimate of drug-likeness (QED) is 0.826. The van der Waals surface area contributed by atoms with E-state index >= 15 is 0 Å². The average Bonchev–Trinajstić information content (AvgIpc) is 2.29. The number of rotatable bonds is 2. The Morgan fingerprint density at radius 2 is 2.24 bits per heavy atom. The molecule has 17 heavy (non-hydrogen) atoms. The van der Waals surface area contributed by atoms with Crippen LogP contribution in [0.5, 0.6) is 0 Å². The molecule has 0 saturated carbocycles. The van der Waals surface area contributed by atoms with E-state index in [2.05, 4.69) is 31.4 Å². The maximum atomic E-state index is 13.5. The van der Waals surface area contributed by atoms with Crippen LogP contribution in [0.4, 0.5) is 15.0 Å². The second kappa shape index (κ2) is 4.74. The van der Waals surface area contributed by atoms with E-state index in [1.165, 1.54) is 4.90 Å². The third-order valence-corrected chi connectivity index (χ3v) is 2.79. The number of nitrogens with zero attached hydrogens (tertiary/aromatic N) is 3. The van der Waals surface area contributed by atoms with E-state index < -0.39 is 11.8 Å². The number of amides is 3. The highest BCUT2D eigenvalue weighted by Gasteiger charge is 2.26. The molecule has 0 aliphatic carbocycles. The minimum absolute atomic E-state index is 0.0946. The third-order valence-electron chi connectivity index (χ3n) is 2.26. The molecule has 0 bridgehead atoms. The Bertz CT molecular complexity index is 482. The predicted octanol–water partition coefficient (Wildman–Crippen LogP) is 0.957. The van der Waals surface area contributed by atoms with Gasteiger partial charge in [-0.3, -0.25) is 15.0 Å². The van der Waals surface area contributed by atoms with E-state index in [9.17, 15) is 14.0 Å². The van der Waals surface area contributed by atoms with Crippen molar-refractivity contribution >= 4 is 33.7 Å². The van der Waals surface area contributed by atoms with Gasteiger partial charge in [0.05, 0.1) is 5.33 Å². The molecular formula is C9H8BrFN4O2. The minimum atomic E-state index is -0.610. The number of hydrogen-bond acceptors (Lipinski definition) is 4. The van der Waals surface area contributed by atoms with E-state index in [-0.39, 0.29) is 35.7 Å². The first-order valence-electron chi connectivity index (χ1n) is 4.81. The van der Waals surface area contributed by atoms with E-state index in [4.69, 9.17) is 0 Å². The number of urea groups is 1. The van der Waals surface area contributed by atoms with Crippen molar-refractivity contribution in [2.24, 2.45) is 0 Å². The molecule has 8 heteroatoms. The summed E-state index contributed by atoms with van der Waals surface area (Å²) in [5, 5.41) is 9.76. The number of nitrogens with one attached hydrogen (secondary N) is 1. The van der Waals surface area contributed by atoms with Crippen molar-refractivity contribution in [1.29, 1.82) is 0 Å². The molecule has 1 aliphatic heterocycles. The first kappa shape index (κ1) is 11.9. The Morgan fingerprint density at radius 1 is 1.47 bits per heavy atom. The zero-order valence-electron chi connectivity index (χ0n) is 8.61. The number of anilines is 1. The molecule has 2 rings (SSSR count). The summed E-state index contributed by atoms with van der Waals surface area (Å²) in [5.41, 5.74) is 0.169. The fraction of sp³-hybridized carbons (Fsp3) is 0.333. The van der Waals surface area contributed by atoms with Crippen LogP contribution in [0.2, 0.25) is 0 Å². The molecule has 0 radical (unpaired) electrons. The van der Waals surface area contributed by atoms with Gasteiger partial charge in [0.2, 0.25) is 5.91 Å². The van der Waals surface area contributed by atoms with Crippen LogP contribution in [0.15, 0.2) is 6.07 Å². The van der Waals surface area contributed by atoms with Crippen LogP contribution in [-0.2, 0) is 10.1 Å². The lowest BCUT2D eigenvalue weighted by molar-refractivity contribution is -0.120. The monoisotopic (exact) mass is 302 g/mol. The molecular weight excluding hydrogens is 295 g/mol. The molecule has 1 N–H and O–H groups in total. The Morgan fingerprint density at radius 3 is 2.82 bits per heavy atom. The van der Waals surface area contributed by atoms with Crippen molar-refractivity contribution in [1.82, 2.24) is 15.5 Å². The standard InChI is InChI=1S/C9H8BrFN4O2/c10-4-6-5(11)3-7(14-13-6)15-2-1-8(16)12-9(15)17/h3H,1-2,4H2,(H,12,16,17). The number of carbonyl (C=O) groups excluding carboxylic acids is 2. The number of imide groups is 1. The minimum Gasteiger partial charge on any atom is -0.278 e. The lowest BCUT2D eigenvalue weighted by Crippen LogP contribution is -2.50. The number of alkyl halides is 1. The van der Waals surface area contributed by atoms with Gasteiger partial charge in [0.15, 0.2) is 11.6 Å². The van der Waals surface area contributed by atoms with E-state index in [0.29, 0.717) is 0 Å². The molecule has 90 valence electrons. The van der Waals surface area contributed by atoms with Crippen LogP contribution in [0.3, 0.4) is 0 Å².